The summed E-state index contributed by atoms with van der Waals surface area (Å²) in [5.41, 5.74) is 13.0. The van der Waals surface area contributed by atoms with Gasteiger partial charge in [0.15, 0.2) is 0 Å². The van der Waals surface area contributed by atoms with E-state index in [1.807, 2.05) is 0 Å². The lowest BCUT2D eigenvalue weighted by Crippen LogP contribution is -2.62. The Morgan fingerprint density at radius 3 is 2.00 bits per heavy atom. The van der Waals surface area contributed by atoms with E-state index in [0.29, 0.717) is 23.4 Å². The van der Waals surface area contributed by atoms with E-state index >= 15 is 0 Å². The van der Waals surface area contributed by atoms with Gasteiger partial charge in [-0.25, -0.2) is 0 Å². The molecule has 0 aromatic rings. The molecule has 4 aliphatic rings. The lowest BCUT2D eigenvalue weighted by Gasteiger charge is -2.64. The van der Waals surface area contributed by atoms with Gasteiger partial charge in [-0.15, -0.1) is 0 Å². The number of nitrogens with two attached hydrogens (primary N) is 2. The maximum Gasteiger partial charge on any atom is 0.00705 e. The zero-order valence-electron chi connectivity index (χ0n) is 10.7. The van der Waals surface area contributed by atoms with E-state index < -0.39 is 0 Å². The summed E-state index contributed by atoms with van der Waals surface area (Å²) < 4.78 is 0. The Morgan fingerprint density at radius 2 is 1.56 bits per heavy atom. The van der Waals surface area contributed by atoms with Crippen LogP contribution in [0.5, 0.6) is 0 Å². The van der Waals surface area contributed by atoms with E-state index in [1.54, 1.807) is 0 Å². The smallest absolute Gasteiger partial charge is 0.00705 e. The Labute approximate surface area is 99.1 Å². The third kappa shape index (κ3) is 1.32. The lowest BCUT2D eigenvalue weighted by atomic mass is 9.42. The molecule has 0 aliphatic heterocycles. The van der Waals surface area contributed by atoms with Crippen molar-refractivity contribution in [3.8, 4) is 0 Å². The summed E-state index contributed by atoms with van der Waals surface area (Å²) in [6, 6.07) is 0.660. The van der Waals surface area contributed by atoms with Crippen molar-refractivity contribution in [2.24, 2.45) is 40.6 Å². The molecule has 2 heteroatoms. The normalized spacial score (nSPS) is 54.0. The first-order valence-corrected chi connectivity index (χ1v) is 7.04. The van der Waals surface area contributed by atoms with E-state index in [9.17, 15) is 0 Å². The largest absolute Gasteiger partial charge is 0.328 e. The van der Waals surface area contributed by atoms with E-state index in [2.05, 4.69) is 13.8 Å². The van der Waals surface area contributed by atoms with Gasteiger partial charge in [0.05, 0.1) is 0 Å². The SMILES string of the molecule is CC(N)C1C2CC3CC(C2)CC1(C(C)N)C3. The Kier molecular flexibility index (Phi) is 2.38. The van der Waals surface area contributed by atoms with Gasteiger partial charge in [-0.05, 0) is 75.0 Å². The lowest BCUT2D eigenvalue weighted by molar-refractivity contribution is -0.126. The van der Waals surface area contributed by atoms with E-state index in [1.165, 1.54) is 32.1 Å². The maximum atomic E-state index is 6.36. The molecule has 5 atom stereocenters. The molecule has 4 fully saturated rings. The van der Waals surface area contributed by atoms with Gasteiger partial charge in [-0.1, -0.05) is 0 Å². The zero-order chi connectivity index (χ0) is 11.5. The summed E-state index contributed by atoms with van der Waals surface area (Å²) in [5.74, 6) is 3.52. The van der Waals surface area contributed by atoms with Crippen LogP contribution >= 0.6 is 0 Å². The Hall–Kier alpha value is -0.0800. The van der Waals surface area contributed by atoms with Gasteiger partial charge in [0.1, 0.15) is 0 Å². The molecule has 0 radical (unpaired) electrons. The highest BCUT2D eigenvalue weighted by Crippen LogP contribution is 2.64. The van der Waals surface area contributed by atoms with Crippen molar-refractivity contribution in [2.75, 3.05) is 0 Å². The molecule has 4 N–H and O–H groups in total. The quantitative estimate of drug-likeness (QED) is 0.752. The molecule has 4 rings (SSSR count). The second-order valence-corrected chi connectivity index (χ2v) is 7.01. The van der Waals surface area contributed by atoms with Crippen molar-refractivity contribution in [3.63, 3.8) is 0 Å². The predicted octanol–water partition coefficient (Wildman–Crippen LogP) is 2.12. The molecule has 0 aromatic heterocycles. The molecule has 0 amide bonds. The van der Waals surface area contributed by atoms with Crippen LogP contribution in [0.25, 0.3) is 0 Å². The van der Waals surface area contributed by atoms with Crippen LogP contribution < -0.4 is 11.5 Å². The van der Waals surface area contributed by atoms with Gasteiger partial charge in [0, 0.05) is 12.1 Å². The van der Waals surface area contributed by atoms with Crippen LogP contribution in [0.4, 0.5) is 0 Å². The minimum atomic E-state index is 0.330. The number of hydrogen-bond acceptors (Lipinski definition) is 2. The standard InChI is InChI=1S/C14H26N2/c1-8(15)13-12-4-10-3-11(5-12)7-14(13,6-10)9(2)16/h8-13H,3-7,15-16H2,1-2H3. The molecule has 4 aliphatic carbocycles. The first kappa shape index (κ1) is 11.0. The summed E-state index contributed by atoms with van der Waals surface area (Å²) >= 11 is 0. The Morgan fingerprint density at radius 1 is 1.00 bits per heavy atom. The predicted molar refractivity (Wildman–Crippen MR) is 66.8 cm³/mol. The first-order chi connectivity index (χ1) is 7.53. The molecule has 4 saturated carbocycles. The van der Waals surface area contributed by atoms with Crippen molar-refractivity contribution in [1.82, 2.24) is 0 Å². The van der Waals surface area contributed by atoms with Gasteiger partial charge in [0.2, 0.25) is 0 Å². The second-order valence-electron chi connectivity index (χ2n) is 7.01. The molecular formula is C14H26N2. The van der Waals surface area contributed by atoms with Crippen molar-refractivity contribution in [3.05, 3.63) is 0 Å². The van der Waals surface area contributed by atoms with E-state index in [0.717, 1.165) is 17.8 Å². The fourth-order valence-electron chi connectivity index (χ4n) is 5.77. The molecular weight excluding hydrogens is 196 g/mol. The number of hydrogen-bond donors (Lipinski definition) is 2. The fourth-order valence-corrected chi connectivity index (χ4v) is 5.77. The summed E-state index contributed by atoms with van der Waals surface area (Å²) in [6.45, 7) is 4.43. The molecule has 0 saturated heterocycles. The van der Waals surface area contributed by atoms with Crippen LogP contribution in [0, 0.1) is 29.1 Å². The fraction of sp³-hybridized carbons (Fsp3) is 1.00. The molecule has 0 spiro atoms. The number of rotatable bonds is 2. The van der Waals surface area contributed by atoms with Gasteiger partial charge < -0.3 is 11.5 Å². The summed E-state index contributed by atoms with van der Waals surface area (Å²) in [5, 5.41) is 0. The molecule has 0 heterocycles. The molecule has 16 heavy (non-hydrogen) atoms. The minimum absolute atomic E-state index is 0.330. The average Bonchev–Trinajstić information content (AvgIpc) is 2.14. The van der Waals surface area contributed by atoms with Crippen LogP contribution in [0.1, 0.15) is 46.0 Å². The van der Waals surface area contributed by atoms with Crippen LogP contribution in [0.15, 0.2) is 0 Å². The summed E-state index contributed by atoms with van der Waals surface area (Å²) in [6.07, 6.45) is 7.10. The van der Waals surface area contributed by atoms with Crippen LogP contribution in [0.2, 0.25) is 0 Å². The summed E-state index contributed by atoms with van der Waals surface area (Å²) in [4.78, 5) is 0. The van der Waals surface area contributed by atoms with Crippen molar-refractivity contribution < 1.29 is 0 Å². The summed E-state index contributed by atoms with van der Waals surface area (Å²) in [7, 11) is 0. The third-order valence-corrected chi connectivity index (χ3v) is 5.92. The highest BCUT2D eigenvalue weighted by molar-refractivity contribution is 5.10. The molecule has 92 valence electrons. The van der Waals surface area contributed by atoms with Gasteiger partial charge in [-0.2, -0.15) is 0 Å². The van der Waals surface area contributed by atoms with Gasteiger partial charge in [-0.3, -0.25) is 0 Å². The third-order valence-electron chi connectivity index (χ3n) is 5.92. The van der Waals surface area contributed by atoms with E-state index in [-0.39, 0.29) is 0 Å². The highest BCUT2D eigenvalue weighted by Gasteiger charge is 2.58. The van der Waals surface area contributed by atoms with Crippen molar-refractivity contribution in [1.29, 1.82) is 0 Å². The highest BCUT2D eigenvalue weighted by atomic mass is 14.8. The molecule has 0 aromatic carbocycles. The molecule has 4 bridgehead atoms. The second kappa shape index (κ2) is 3.46. The van der Waals surface area contributed by atoms with E-state index in [4.69, 9.17) is 11.5 Å². The molecule has 2 nitrogen and oxygen atoms in total. The zero-order valence-corrected chi connectivity index (χ0v) is 10.7. The Bertz CT molecular complexity index is 270. The van der Waals surface area contributed by atoms with Crippen LogP contribution in [0.3, 0.4) is 0 Å². The van der Waals surface area contributed by atoms with Crippen LogP contribution in [-0.2, 0) is 0 Å². The monoisotopic (exact) mass is 222 g/mol. The molecule has 5 unspecified atom stereocenters. The average molecular weight is 222 g/mol. The Balaban J connectivity index is 1.98. The topological polar surface area (TPSA) is 52.0 Å². The van der Waals surface area contributed by atoms with Gasteiger partial charge >= 0.3 is 0 Å². The van der Waals surface area contributed by atoms with Crippen LogP contribution in [-0.4, -0.2) is 12.1 Å². The van der Waals surface area contributed by atoms with Crippen molar-refractivity contribution in [2.45, 2.75) is 58.0 Å². The first-order valence-electron chi connectivity index (χ1n) is 7.04. The maximum absolute atomic E-state index is 6.36. The van der Waals surface area contributed by atoms with Gasteiger partial charge in [0.25, 0.3) is 0 Å². The minimum Gasteiger partial charge on any atom is -0.328 e. The van der Waals surface area contributed by atoms with Crippen molar-refractivity contribution >= 4 is 0 Å².